The van der Waals surface area contributed by atoms with Gasteiger partial charge in [0.2, 0.25) is 5.91 Å². The van der Waals surface area contributed by atoms with Gasteiger partial charge < -0.3 is 9.80 Å². The minimum atomic E-state index is -0.214. The normalized spacial score (nSPS) is 20.6. The molecular weight excluding hydrogens is 361 g/mol. The molecule has 1 aromatic heterocycles. The highest BCUT2D eigenvalue weighted by atomic mass is 32.1. The molecule has 1 saturated heterocycles. The molecule has 1 atom stereocenters. The van der Waals surface area contributed by atoms with Gasteiger partial charge in [0.25, 0.3) is 0 Å². The fraction of sp³-hybridized carbons (Fsp3) is 0.476. The number of fused-ring (bicyclic) bond motifs is 1. The van der Waals surface area contributed by atoms with E-state index in [1.807, 2.05) is 28.4 Å². The maximum Gasteiger partial charge on any atom is 0.223 e. The first-order valence-corrected chi connectivity index (χ1v) is 10.6. The Balaban J connectivity index is 1.26. The van der Waals surface area contributed by atoms with E-state index in [0.29, 0.717) is 12.5 Å². The molecule has 4 nitrogen and oxygen atoms in total. The number of halogens is 1. The first-order chi connectivity index (χ1) is 13.1. The van der Waals surface area contributed by atoms with E-state index in [1.54, 1.807) is 0 Å². The molecule has 0 N–H and O–H groups in total. The van der Waals surface area contributed by atoms with Gasteiger partial charge in [-0.05, 0) is 54.6 Å². The van der Waals surface area contributed by atoms with E-state index in [9.17, 15) is 9.18 Å². The molecule has 27 heavy (non-hydrogen) atoms. The number of benzene rings is 1. The van der Waals surface area contributed by atoms with Crippen LogP contribution in [-0.2, 0) is 11.2 Å². The number of piperazine rings is 1. The van der Waals surface area contributed by atoms with Crippen LogP contribution in [0.15, 0.2) is 35.7 Å². The second-order valence-electron chi connectivity index (χ2n) is 7.36. The summed E-state index contributed by atoms with van der Waals surface area (Å²) in [6.07, 6.45) is 1.68. The van der Waals surface area contributed by atoms with Crippen LogP contribution in [0.5, 0.6) is 0 Å². The molecule has 4 rings (SSSR count). The van der Waals surface area contributed by atoms with E-state index >= 15 is 0 Å². The predicted molar refractivity (Wildman–Crippen MR) is 108 cm³/mol. The van der Waals surface area contributed by atoms with Gasteiger partial charge in [-0.2, -0.15) is 0 Å². The third-order valence-electron chi connectivity index (χ3n) is 5.84. The molecule has 2 aromatic rings. The number of amides is 1. The lowest BCUT2D eigenvalue weighted by Crippen LogP contribution is -2.49. The van der Waals surface area contributed by atoms with E-state index in [4.69, 9.17) is 0 Å². The Morgan fingerprint density at radius 3 is 2.59 bits per heavy atom. The van der Waals surface area contributed by atoms with Gasteiger partial charge in [0.1, 0.15) is 5.82 Å². The summed E-state index contributed by atoms with van der Waals surface area (Å²) in [5.74, 6) is 0.0335. The lowest BCUT2D eigenvalue weighted by atomic mass is 10.0. The van der Waals surface area contributed by atoms with Gasteiger partial charge in [0.15, 0.2) is 0 Å². The molecule has 2 aliphatic heterocycles. The predicted octanol–water partition coefficient (Wildman–Crippen LogP) is 3.55. The van der Waals surface area contributed by atoms with Crippen LogP contribution in [-0.4, -0.2) is 55.0 Å². The van der Waals surface area contributed by atoms with Crippen molar-refractivity contribution in [2.24, 2.45) is 0 Å². The average Bonchev–Trinajstić information content (AvgIpc) is 3.18. The van der Waals surface area contributed by atoms with Crippen molar-refractivity contribution in [2.75, 3.05) is 44.2 Å². The van der Waals surface area contributed by atoms with Crippen LogP contribution < -0.4 is 4.90 Å². The fourth-order valence-corrected chi connectivity index (χ4v) is 5.09. The van der Waals surface area contributed by atoms with Crippen LogP contribution in [0.1, 0.15) is 29.8 Å². The SMILES string of the molecule is C[C@H]1c2ccsc2CCN1CCC(=O)N1CCN(c2ccc(F)cc2)CC1. The topological polar surface area (TPSA) is 26.8 Å². The number of hydrogen-bond acceptors (Lipinski definition) is 4. The van der Waals surface area contributed by atoms with E-state index in [2.05, 4.69) is 28.2 Å². The van der Waals surface area contributed by atoms with Crippen molar-refractivity contribution < 1.29 is 9.18 Å². The molecule has 0 spiro atoms. The Labute approximate surface area is 164 Å². The van der Waals surface area contributed by atoms with Crippen molar-refractivity contribution in [1.82, 2.24) is 9.80 Å². The van der Waals surface area contributed by atoms with Gasteiger partial charge >= 0.3 is 0 Å². The zero-order valence-electron chi connectivity index (χ0n) is 15.7. The minimum Gasteiger partial charge on any atom is -0.368 e. The maximum atomic E-state index is 13.1. The van der Waals surface area contributed by atoms with Gasteiger partial charge in [-0.3, -0.25) is 9.69 Å². The number of thiophene rings is 1. The van der Waals surface area contributed by atoms with Crippen LogP contribution in [0, 0.1) is 5.82 Å². The Morgan fingerprint density at radius 2 is 1.85 bits per heavy atom. The number of carbonyl (C=O) groups is 1. The van der Waals surface area contributed by atoms with Crippen molar-refractivity contribution in [3.63, 3.8) is 0 Å². The Morgan fingerprint density at radius 1 is 1.11 bits per heavy atom. The first-order valence-electron chi connectivity index (χ1n) is 9.70. The van der Waals surface area contributed by atoms with Gasteiger partial charge in [0, 0.05) is 62.3 Å². The molecule has 0 unspecified atom stereocenters. The Hall–Kier alpha value is -1.92. The maximum absolute atomic E-state index is 13.1. The van der Waals surface area contributed by atoms with E-state index < -0.39 is 0 Å². The second-order valence-corrected chi connectivity index (χ2v) is 8.36. The lowest BCUT2D eigenvalue weighted by Gasteiger charge is -2.37. The van der Waals surface area contributed by atoms with Gasteiger partial charge in [-0.25, -0.2) is 4.39 Å². The van der Waals surface area contributed by atoms with Crippen LogP contribution in [0.3, 0.4) is 0 Å². The minimum absolute atomic E-state index is 0.214. The summed E-state index contributed by atoms with van der Waals surface area (Å²) in [7, 11) is 0. The zero-order valence-corrected chi connectivity index (χ0v) is 16.6. The number of carbonyl (C=O) groups excluding carboxylic acids is 1. The molecule has 6 heteroatoms. The Kier molecular flexibility index (Phi) is 5.45. The number of nitrogens with zero attached hydrogens (tertiary/aromatic N) is 3. The molecular formula is C21H26FN3OS. The largest absolute Gasteiger partial charge is 0.368 e. The fourth-order valence-electron chi connectivity index (χ4n) is 4.13. The zero-order chi connectivity index (χ0) is 18.8. The lowest BCUT2D eigenvalue weighted by molar-refractivity contribution is -0.132. The number of rotatable bonds is 4. The molecule has 2 aliphatic rings. The number of anilines is 1. The van der Waals surface area contributed by atoms with Crippen LogP contribution >= 0.6 is 11.3 Å². The molecule has 1 fully saturated rings. The smallest absolute Gasteiger partial charge is 0.223 e. The molecule has 144 valence electrons. The highest BCUT2D eigenvalue weighted by Gasteiger charge is 2.26. The highest BCUT2D eigenvalue weighted by molar-refractivity contribution is 7.10. The second kappa shape index (κ2) is 7.98. The summed E-state index contributed by atoms with van der Waals surface area (Å²) < 4.78 is 13.1. The summed E-state index contributed by atoms with van der Waals surface area (Å²) in [6, 6.07) is 9.24. The monoisotopic (exact) mass is 387 g/mol. The van der Waals surface area contributed by atoms with Crippen molar-refractivity contribution in [3.05, 3.63) is 52.0 Å². The summed E-state index contributed by atoms with van der Waals surface area (Å²) in [6.45, 7) is 7.19. The third kappa shape index (κ3) is 4.01. The highest BCUT2D eigenvalue weighted by Crippen LogP contribution is 2.32. The van der Waals surface area contributed by atoms with E-state index in [1.165, 1.54) is 22.6 Å². The van der Waals surface area contributed by atoms with Gasteiger partial charge in [-0.15, -0.1) is 11.3 Å². The van der Waals surface area contributed by atoms with Crippen LogP contribution in [0.4, 0.5) is 10.1 Å². The summed E-state index contributed by atoms with van der Waals surface area (Å²) in [5, 5.41) is 2.18. The van der Waals surface area contributed by atoms with Crippen molar-refractivity contribution in [2.45, 2.75) is 25.8 Å². The van der Waals surface area contributed by atoms with Crippen molar-refractivity contribution in [3.8, 4) is 0 Å². The van der Waals surface area contributed by atoms with Gasteiger partial charge in [0.05, 0.1) is 0 Å². The molecule has 0 bridgehead atoms. The number of hydrogen-bond donors (Lipinski definition) is 0. The van der Waals surface area contributed by atoms with Crippen molar-refractivity contribution >= 4 is 22.9 Å². The average molecular weight is 388 g/mol. The molecule has 3 heterocycles. The summed E-state index contributed by atoms with van der Waals surface area (Å²) >= 11 is 1.85. The molecule has 0 aliphatic carbocycles. The van der Waals surface area contributed by atoms with Gasteiger partial charge in [-0.1, -0.05) is 0 Å². The first kappa shape index (κ1) is 18.4. The standard InChI is InChI=1S/C21H26FN3OS/c1-16-19-8-15-27-20(19)6-9-23(16)10-7-21(26)25-13-11-24(12-14-25)18-4-2-17(22)3-5-18/h2-5,8,15-16H,6-7,9-14H2,1H3/t16-/m0/s1. The summed E-state index contributed by atoms with van der Waals surface area (Å²) in [4.78, 5) is 20.8. The van der Waals surface area contributed by atoms with E-state index in [0.717, 1.165) is 51.4 Å². The Bertz CT molecular complexity index is 783. The third-order valence-corrected chi connectivity index (χ3v) is 6.84. The molecule has 1 aromatic carbocycles. The van der Waals surface area contributed by atoms with Crippen LogP contribution in [0.25, 0.3) is 0 Å². The van der Waals surface area contributed by atoms with Crippen LogP contribution in [0.2, 0.25) is 0 Å². The quantitative estimate of drug-likeness (QED) is 0.803. The van der Waals surface area contributed by atoms with Crippen molar-refractivity contribution in [1.29, 1.82) is 0 Å². The van der Waals surface area contributed by atoms with E-state index in [-0.39, 0.29) is 11.7 Å². The summed E-state index contributed by atoms with van der Waals surface area (Å²) in [5.41, 5.74) is 2.46. The molecule has 0 radical (unpaired) electrons. The molecule has 0 saturated carbocycles. The molecule has 1 amide bonds.